The van der Waals surface area contributed by atoms with E-state index < -0.39 is 37.1 Å². The predicted molar refractivity (Wildman–Crippen MR) is 91.0 cm³/mol. The fourth-order valence-corrected chi connectivity index (χ4v) is 3.36. The summed E-state index contributed by atoms with van der Waals surface area (Å²) in [5.41, 5.74) is 4.21. The molecule has 6 heteroatoms. The summed E-state index contributed by atoms with van der Waals surface area (Å²) >= 11 is 0. The zero-order chi connectivity index (χ0) is 18.7. The van der Waals surface area contributed by atoms with Crippen LogP contribution >= 0.6 is 0 Å². The minimum absolute atomic E-state index is 0.0495. The van der Waals surface area contributed by atoms with Crippen LogP contribution in [0.3, 0.4) is 0 Å². The van der Waals surface area contributed by atoms with Gasteiger partial charge in [0.15, 0.2) is 0 Å². The van der Waals surface area contributed by atoms with Crippen molar-refractivity contribution in [2.24, 2.45) is 5.92 Å². The number of hydrogen-bond acceptors (Lipinski definition) is 3. The number of carbonyl (C=O) groups excluding carboxylic acids is 1. The van der Waals surface area contributed by atoms with Crippen molar-refractivity contribution >= 4 is 11.9 Å². The molecule has 1 aliphatic carbocycles. The summed E-state index contributed by atoms with van der Waals surface area (Å²) in [7, 11) is 0. The first-order valence-corrected chi connectivity index (χ1v) is 8.32. The second-order valence-electron chi connectivity index (χ2n) is 6.28. The third-order valence-electron chi connectivity index (χ3n) is 4.60. The van der Waals surface area contributed by atoms with Crippen molar-refractivity contribution in [3.05, 3.63) is 59.7 Å². The van der Waals surface area contributed by atoms with E-state index in [1.807, 2.05) is 48.5 Å². The van der Waals surface area contributed by atoms with Crippen molar-refractivity contribution in [2.45, 2.75) is 25.2 Å². The van der Waals surface area contributed by atoms with Crippen LogP contribution in [0.25, 0.3) is 11.1 Å². The van der Waals surface area contributed by atoms with Gasteiger partial charge in [0, 0.05) is 12.3 Å². The Balaban J connectivity index is 1.70. The second-order valence-corrected chi connectivity index (χ2v) is 6.28. The van der Waals surface area contributed by atoms with Crippen molar-refractivity contribution in [2.75, 3.05) is 6.61 Å². The SMILES string of the molecule is O=C(C[C@@H](CC(F)F)C(=O)O)OCC1c2ccccc2-c2ccccc21. The van der Waals surface area contributed by atoms with E-state index in [9.17, 15) is 18.4 Å². The maximum Gasteiger partial charge on any atom is 0.307 e. The van der Waals surface area contributed by atoms with Gasteiger partial charge >= 0.3 is 11.9 Å². The van der Waals surface area contributed by atoms with Gasteiger partial charge in [0.1, 0.15) is 6.61 Å². The highest BCUT2D eigenvalue weighted by Crippen LogP contribution is 2.44. The number of carboxylic acid groups (broad SMARTS) is 1. The lowest BCUT2D eigenvalue weighted by Crippen LogP contribution is -2.22. The highest BCUT2D eigenvalue weighted by atomic mass is 19.3. The largest absolute Gasteiger partial charge is 0.481 e. The molecule has 0 aliphatic heterocycles. The molecule has 1 atom stereocenters. The van der Waals surface area contributed by atoms with Gasteiger partial charge in [-0.25, -0.2) is 8.78 Å². The molecule has 0 saturated heterocycles. The average molecular weight is 360 g/mol. The first-order chi connectivity index (χ1) is 12.5. The Kier molecular flexibility index (Phi) is 5.30. The molecular weight excluding hydrogens is 342 g/mol. The lowest BCUT2D eigenvalue weighted by atomic mass is 9.98. The minimum atomic E-state index is -2.78. The van der Waals surface area contributed by atoms with Gasteiger partial charge in [-0.1, -0.05) is 48.5 Å². The molecule has 3 rings (SSSR count). The summed E-state index contributed by atoms with van der Waals surface area (Å²) in [6, 6.07) is 15.6. The summed E-state index contributed by atoms with van der Waals surface area (Å²) in [4.78, 5) is 23.0. The number of carbonyl (C=O) groups is 2. The first-order valence-electron chi connectivity index (χ1n) is 8.32. The molecule has 26 heavy (non-hydrogen) atoms. The summed E-state index contributed by atoms with van der Waals surface area (Å²) in [6.45, 7) is 0.0495. The molecule has 0 bridgehead atoms. The molecule has 0 radical (unpaired) electrons. The van der Waals surface area contributed by atoms with Gasteiger partial charge in [0.25, 0.3) is 0 Å². The number of aliphatic carboxylic acids is 1. The topological polar surface area (TPSA) is 63.6 Å². The second kappa shape index (κ2) is 7.64. The molecule has 1 aliphatic rings. The number of benzene rings is 2. The molecule has 0 aromatic heterocycles. The Morgan fingerprint density at radius 3 is 2.04 bits per heavy atom. The number of ether oxygens (including phenoxy) is 1. The number of alkyl halides is 2. The Bertz CT molecular complexity index is 773. The average Bonchev–Trinajstić information content (AvgIpc) is 2.93. The monoisotopic (exact) mass is 360 g/mol. The molecule has 2 aromatic carbocycles. The van der Waals surface area contributed by atoms with Crippen LogP contribution in [0.1, 0.15) is 29.9 Å². The highest BCUT2D eigenvalue weighted by Gasteiger charge is 2.30. The van der Waals surface area contributed by atoms with Crippen LogP contribution in [-0.2, 0) is 14.3 Å². The fourth-order valence-electron chi connectivity index (χ4n) is 3.36. The zero-order valence-corrected chi connectivity index (χ0v) is 13.9. The van der Waals surface area contributed by atoms with Crippen molar-refractivity contribution in [3.8, 4) is 11.1 Å². The molecular formula is C20H18F2O4. The maximum absolute atomic E-state index is 12.4. The van der Waals surface area contributed by atoms with Crippen molar-refractivity contribution in [1.29, 1.82) is 0 Å². The van der Waals surface area contributed by atoms with Crippen LogP contribution in [0.2, 0.25) is 0 Å². The Hall–Kier alpha value is -2.76. The van der Waals surface area contributed by atoms with Gasteiger partial charge in [-0.05, 0) is 22.3 Å². The van der Waals surface area contributed by atoms with Gasteiger partial charge in [-0.2, -0.15) is 0 Å². The van der Waals surface area contributed by atoms with Crippen LogP contribution < -0.4 is 0 Å². The van der Waals surface area contributed by atoms with E-state index in [0.29, 0.717) is 0 Å². The van der Waals surface area contributed by atoms with Gasteiger partial charge in [-0.3, -0.25) is 9.59 Å². The minimum Gasteiger partial charge on any atom is -0.481 e. The Morgan fingerprint density at radius 2 is 1.54 bits per heavy atom. The molecule has 2 aromatic rings. The molecule has 0 amide bonds. The molecule has 0 unspecified atom stereocenters. The van der Waals surface area contributed by atoms with Crippen LogP contribution in [0, 0.1) is 5.92 Å². The van der Waals surface area contributed by atoms with Gasteiger partial charge in [-0.15, -0.1) is 0 Å². The number of halogens is 2. The molecule has 0 saturated carbocycles. The zero-order valence-electron chi connectivity index (χ0n) is 13.9. The quantitative estimate of drug-likeness (QED) is 0.756. The third kappa shape index (κ3) is 3.74. The van der Waals surface area contributed by atoms with Crippen LogP contribution in [0.5, 0.6) is 0 Å². The van der Waals surface area contributed by atoms with Crippen molar-refractivity contribution in [3.63, 3.8) is 0 Å². The van der Waals surface area contributed by atoms with Crippen LogP contribution in [0.4, 0.5) is 8.78 Å². The molecule has 136 valence electrons. The standard InChI is InChI=1S/C20H18F2O4/c21-18(22)9-12(20(24)25)10-19(23)26-11-17-15-7-3-1-5-13(15)14-6-2-4-8-16(14)17/h1-8,12,17-18H,9-11H2,(H,24,25)/t12-/m1/s1. The molecule has 0 spiro atoms. The van der Waals surface area contributed by atoms with E-state index in [1.54, 1.807) is 0 Å². The van der Waals surface area contributed by atoms with E-state index >= 15 is 0 Å². The molecule has 0 fully saturated rings. The highest BCUT2D eigenvalue weighted by molar-refractivity contribution is 5.80. The van der Waals surface area contributed by atoms with E-state index in [2.05, 4.69) is 0 Å². The Morgan fingerprint density at radius 1 is 1.00 bits per heavy atom. The summed E-state index contributed by atoms with van der Waals surface area (Å²) < 4.78 is 30.1. The summed E-state index contributed by atoms with van der Waals surface area (Å²) in [6.07, 6.45) is -4.20. The molecule has 1 N–H and O–H groups in total. The number of carboxylic acids is 1. The van der Waals surface area contributed by atoms with Gasteiger partial charge < -0.3 is 9.84 Å². The number of hydrogen-bond donors (Lipinski definition) is 1. The van der Waals surface area contributed by atoms with E-state index in [0.717, 1.165) is 22.3 Å². The van der Waals surface area contributed by atoms with Gasteiger partial charge in [0.2, 0.25) is 6.43 Å². The van der Waals surface area contributed by atoms with E-state index in [4.69, 9.17) is 9.84 Å². The lowest BCUT2D eigenvalue weighted by Gasteiger charge is -2.16. The Labute approximate surface area is 149 Å². The predicted octanol–water partition coefficient (Wildman–Crippen LogP) is 4.09. The third-order valence-corrected chi connectivity index (χ3v) is 4.60. The summed E-state index contributed by atoms with van der Waals surface area (Å²) in [5.74, 6) is -3.78. The van der Waals surface area contributed by atoms with Crippen LogP contribution in [0.15, 0.2) is 48.5 Å². The fraction of sp³-hybridized carbons (Fsp3) is 0.300. The molecule has 4 nitrogen and oxygen atoms in total. The summed E-state index contributed by atoms with van der Waals surface area (Å²) in [5, 5.41) is 8.97. The van der Waals surface area contributed by atoms with E-state index in [1.165, 1.54) is 0 Å². The van der Waals surface area contributed by atoms with Crippen LogP contribution in [-0.4, -0.2) is 30.1 Å². The van der Waals surface area contributed by atoms with Gasteiger partial charge in [0.05, 0.1) is 12.3 Å². The van der Waals surface area contributed by atoms with Crippen molar-refractivity contribution < 1.29 is 28.2 Å². The number of rotatable bonds is 7. The van der Waals surface area contributed by atoms with E-state index in [-0.39, 0.29) is 12.5 Å². The number of esters is 1. The normalized spacial score (nSPS) is 14.0. The first kappa shape index (κ1) is 18.0. The smallest absolute Gasteiger partial charge is 0.307 e. The lowest BCUT2D eigenvalue weighted by molar-refractivity contribution is -0.152. The van der Waals surface area contributed by atoms with Crippen molar-refractivity contribution in [1.82, 2.24) is 0 Å². The maximum atomic E-state index is 12.4. The molecule has 0 heterocycles. The number of fused-ring (bicyclic) bond motifs is 3.